The third-order valence-electron chi connectivity index (χ3n) is 4.12. The molecule has 0 aliphatic heterocycles. The van der Waals surface area contributed by atoms with Gasteiger partial charge in [-0.25, -0.2) is 4.79 Å². The molecule has 1 aromatic carbocycles. The third-order valence-corrected chi connectivity index (χ3v) is 4.12. The predicted molar refractivity (Wildman–Crippen MR) is 89.3 cm³/mol. The van der Waals surface area contributed by atoms with Gasteiger partial charge in [-0.15, -0.1) is 0 Å². The molecule has 7 nitrogen and oxygen atoms in total. The number of benzene rings is 1. The van der Waals surface area contributed by atoms with Crippen molar-refractivity contribution in [3.63, 3.8) is 0 Å². The minimum Gasteiger partial charge on any atom is -0.468 e. The highest BCUT2D eigenvalue weighted by Gasteiger charge is 2.35. The summed E-state index contributed by atoms with van der Waals surface area (Å²) >= 11 is 0. The van der Waals surface area contributed by atoms with Gasteiger partial charge in [-0.2, -0.15) is 9.59 Å². The first-order valence-corrected chi connectivity index (χ1v) is 7.92. The Labute approximate surface area is 147 Å². The number of rotatable bonds is 7. The number of carbonyl (C=O) groups is 2. The van der Waals surface area contributed by atoms with Crippen molar-refractivity contribution in [3.8, 4) is 0 Å². The second kappa shape index (κ2) is 11.8. The molecule has 7 heteroatoms. The van der Waals surface area contributed by atoms with Crippen molar-refractivity contribution in [1.29, 1.82) is 0 Å². The molecule has 0 aromatic heterocycles. The maximum atomic E-state index is 12.4. The lowest BCUT2D eigenvalue weighted by Crippen LogP contribution is -2.51. The second-order valence-electron chi connectivity index (χ2n) is 5.49. The maximum absolute atomic E-state index is 12.4. The van der Waals surface area contributed by atoms with Gasteiger partial charge in [-0.1, -0.05) is 44.2 Å². The Balaban J connectivity index is 0.00000178. The topological polar surface area (TPSA) is 90.0 Å². The summed E-state index contributed by atoms with van der Waals surface area (Å²) in [6.07, 6.45) is 1.20. The second-order valence-corrected chi connectivity index (χ2v) is 5.49. The van der Waals surface area contributed by atoms with Crippen LogP contribution in [0.2, 0.25) is 0 Å². The van der Waals surface area contributed by atoms with Crippen molar-refractivity contribution in [2.75, 3.05) is 13.7 Å². The standard InChI is InChI=1S/C17H25NO4.CO2/c1-5-17(3,6-2)18(12-15(19)21-4)16(20)22-13-14-10-8-7-9-11-14;2-1-3/h7-11H,5-6,12-13H2,1-4H3;. The highest BCUT2D eigenvalue weighted by Crippen LogP contribution is 2.24. The highest BCUT2D eigenvalue weighted by atomic mass is 16.6. The first kappa shape index (κ1) is 22.3. The Bertz CT molecular complexity index is 562. The molecule has 0 N–H and O–H groups in total. The Morgan fingerprint density at radius 2 is 1.64 bits per heavy atom. The lowest BCUT2D eigenvalue weighted by molar-refractivity contribution is -0.191. The molecule has 0 spiro atoms. The number of hydrogen-bond donors (Lipinski definition) is 0. The van der Waals surface area contributed by atoms with Gasteiger partial charge in [-0.3, -0.25) is 9.69 Å². The zero-order chi connectivity index (χ0) is 19.3. The molecule has 0 fully saturated rings. The fourth-order valence-corrected chi connectivity index (χ4v) is 2.10. The first-order valence-electron chi connectivity index (χ1n) is 7.92. The number of carbonyl (C=O) groups excluding carboxylic acids is 4. The molecule has 0 atom stereocenters. The number of nitrogens with zero attached hydrogens (tertiary/aromatic N) is 1. The van der Waals surface area contributed by atoms with Crippen LogP contribution in [0.5, 0.6) is 0 Å². The molecule has 0 heterocycles. The summed E-state index contributed by atoms with van der Waals surface area (Å²) in [6.45, 7) is 5.99. The summed E-state index contributed by atoms with van der Waals surface area (Å²) in [5.74, 6) is -0.454. The number of ether oxygens (including phenoxy) is 2. The molecule has 0 saturated heterocycles. The molecule has 0 aliphatic rings. The van der Waals surface area contributed by atoms with Crippen molar-refractivity contribution < 1.29 is 28.7 Å². The van der Waals surface area contributed by atoms with E-state index in [9.17, 15) is 9.59 Å². The van der Waals surface area contributed by atoms with Gasteiger partial charge >= 0.3 is 18.2 Å². The zero-order valence-corrected chi connectivity index (χ0v) is 15.1. The lowest BCUT2D eigenvalue weighted by Gasteiger charge is -2.38. The van der Waals surface area contributed by atoms with E-state index in [1.165, 1.54) is 12.0 Å². The van der Waals surface area contributed by atoms with Crippen LogP contribution < -0.4 is 0 Å². The van der Waals surface area contributed by atoms with Crippen LogP contribution in [0.4, 0.5) is 4.79 Å². The van der Waals surface area contributed by atoms with Gasteiger partial charge in [0, 0.05) is 5.54 Å². The summed E-state index contributed by atoms with van der Waals surface area (Å²) in [5.41, 5.74) is 0.464. The Kier molecular flexibility index (Phi) is 10.6. The van der Waals surface area contributed by atoms with Gasteiger partial charge in [0.05, 0.1) is 7.11 Å². The van der Waals surface area contributed by atoms with Crippen LogP contribution in [0.1, 0.15) is 39.2 Å². The van der Waals surface area contributed by atoms with E-state index in [1.807, 2.05) is 51.1 Å². The van der Waals surface area contributed by atoms with E-state index in [4.69, 9.17) is 14.3 Å². The van der Waals surface area contributed by atoms with E-state index in [1.54, 1.807) is 0 Å². The SMILES string of the molecule is CCC(C)(CC)N(CC(=O)OC)C(=O)OCc1ccccc1.O=C=O. The molecule has 0 aliphatic carbocycles. The molecule has 1 rings (SSSR count). The van der Waals surface area contributed by atoms with E-state index in [0.29, 0.717) is 0 Å². The van der Waals surface area contributed by atoms with E-state index in [-0.39, 0.29) is 19.3 Å². The van der Waals surface area contributed by atoms with Crippen LogP contribution in [-0.2, 0) is 30.5 Å². The van der Waals surface area contributed by atoms with Gasteiger partial charge in [0.15, 0.2) is 0 Å². The number of amides is 1. The predicted octanol–water partition coefficient (Wildman–Crippen LogP) is 2.79. The van der Waals surface area contributed by atoms with Crippen molar-refractivity contribution in [1.82, 2.24) is 4.90 Å². The van der Waals surface area contributed by atoms with E-state index >= 15 is 0 Å². The molecule has 0 unspecified atom stereocenters. The minimum absolute atomic E-state index is 0.109. The van der Waals surface area contributed by atoms with Crippen molar-refractivity contribution in [2.24, 2.45) is 0 Å². The van der Waals surface area contributed by atoms with Crippen LogP contribution >= 0.6 is 0 Å². The number of esters is 1. The molecule has 0 radical (unpaired) electrons. The third kappa shape index (κ3) is 7.63. The van der Waals surface area contributed by atoms with Crippen LogP contribution in [0.25, 0.3) is 0 Å². The van der Waals surface area contributed by atoms with E-state index in [2.05, 4.69) is 4.74 Å². The fraction of sp³-hybridized carbons (Fsp3) is 0.500. The average Bonchev–Trinajstić information content (AvgIpc) is 2.64. The van der Waals surface area contributed by atoms with Gasteiger partial charge < -0.3 is 9.47 Å². The lowest BCUT2D eigenvalue weighted by atomic mass is 9.93. The van der Waals surface area contributed by atoms with Crippen LogP contribution in [0, 0.1) is 0 Å². The Morgan fingerprint density at radius 1 is 1.12 bits per heavy atom. The summed E-state index contributed by atoms with van der Waals surface area (Å²) in [6, 6.07) is 9.45. The minimum atomic E-state index is -0.500. The number of methoxy groups -OCH3 is 1. The molecule has 1 aromatic rings. The first-order chi connectivity index (χ1) is 11.9. The molecule has 0 bridgehead atoms. The molecule has 25 heavy (non-hydrogen) atoms. The van der Waals surface area contributed by atoms with Gasteiger partial charge in [0.2, 0.25) is 0 Å². The van der Waals surface area contributed by atoms with Gasteiger partial charge in [0.25, 0.3) is 0 Å². The zero-order valence-electron chi connectivity index (χ0n) is 15.1. The summed E-state index contributed by atoms with van der Waals surface area (Å²) in [5, 5.41) is 0. The van der Waals surface area contributed by atoms with Crippen molar-refractivity contribution in [3.05, 3.63) is 35.9 Å². The molecule has 1 amide bonds. The average molecular weight is 351 g/mol. The Morgan fingerprint density at radius 3 is 2.08 bits per heavy atom. The molecule has 138 valence electrons. The fourth-order valence-electron chi connectivity index (χ4n) is 2.10. The summed E-state index contributed by atoms with van der Waals surface area (Å²) in [7, 11) is 1.31. The summed E-state index contributed by atoms with van der Waals surface area (Å²) in [4.78, 5) is 41.7. The van der Waals surface area contributed by atoms with Crippen molar-refractivity contribution in [2.45, 2.75) is 45.8 Å². The molecular weight excluding hydrogens is 326 g/mol. The smallest absolute Gasteiger partial charge is 0.411 e. The molecular formula is C18H25NO6. The van der Waals surface area contributed by atoms with E-state index < -0.39 is 17.6 Å². The van der Waals surface area contributed by atoms with Crippen LogP contribution in [0.15, 0.2) is 30.3 Å². The summed E-state index contributed by atoms with van der Waals surface area (Å²) < 4.78 is 10.1. The van der Waals surface area contributed by atoms with Crippen LogP contribution in [-0.4, -0.2) is 42.3 Å². The van der Waals surface area contributed by atoms with Crippen molar-refractivity contribution >= 4 is 18.2 Å². The largest absolute Gasteiger partial charge is 0.468 e. The van der Waals surface area contributed by atoms with Gasteiger partial charge in [0.1, 0.15) is 13.2 Å². The Hall–Kier alpha value is -2.66. The number of hydrogen-bond acceptors (Lipinski definition) is 6. The van der Waals surface area contributed by atoms with Crippen LogP contribution in [0.3, 0.4) is 0 Å². The normalized spacial score (nSPS) is 9.92. The van der Waals surface area contributed by atoms with E-state index in [0.717, 1.165) is 18.4 Å². The molecule has 0 saturated carbocycles. The van der Waals surface area contributed by atoms with Gasteiger partial charge in [-0.05, 0) is 25.3 Å². The monoisotopic (exact) mass is 351 g/mol. The maximum Gasteiger partial charge on any atom is 0.411 e. The quantitative estimate of drug-likeness (QED) is 0.702. The highest BCUT2D eigenvalue weighted by molar-refractivity contribution is 5.78.